The fraction of sp³-hybridized carbons (Fsp3) is 0.364. The molecule has 6 nitrogen and oxygen atoms in total. The van der Waals surface area contributed by atoms with Crippen molar-refractivity contribution in [3.05, 3.63) is 66.9 Å². The average molecular weight is 447 g/mol. The lowest BCUT2D eigenvalue weighted by Crippen LogP contribution is -2.31. The molecule has 0 fully saturated rings. The van der Waals surface area contributed by atoms with Crippen LogP contribution in [0.3, 0.4) is 0 Å². The number of benzene rings is 1. The summed E-state index contributed by atoms with van der Waals surface area (Å²) in [4.78, 5) is 27.5. The lowest BCUT2D eigenvalue weighted by molar-refractivity contribution is -0.131. The van der Waals surface area contributed by atoms with E-state index in [4.69, 9.17) is 9.47 Å². The number of carbonyl (C=O) groups is 1. The molecule has 0 unspecified atom stereocenters. The lowest BCUT2D eigenvalue weighted by Gasteiger charge is -2.22. The Bertz CT molecular complexity index is 1020. The van der Waals surface area contributed by atoms with Gasteiger partial charge in [0.05, 0.1) is 7.11 Å². The number of thiazole rings is 1. The Hall–Kier alpha value is -2.58. The highest BCUT2D eigenvalue weighted by Gasteiger charge is 2.15. The van der Waals surface area contributed by atoms with E-state index >= 15 is 0 Å². The maximum absolute atomic E-state index is 12.7. The van der Waals surface area contributed by atoms with Gasteiger partial charge in [0.2, 0.25) is 5.91 Å². The second-order valence-corrected chi connectivity index (χ2v) is 8.66. The minimum atomic E-state index is -0.0220. The first-order valence-corrected chi connectivity index (χ1v) is 11.5. The molecule has 0 aliphatic rings. The first-order valence-electron chi connectivity index (χ1n) is 9.76. The van der Waals surface area contributed by atoms with Gasteiger partial charge < -0.3 is 18.9 Å². The maximum Gasteiger partial charge on any atom is 0.307 e. The van der Waals surface area contributed by atoms with Gasteiger partial charge in [-0.2, -0.15) is 0 Å². The second-order valence-electron chi connectivity index (χ2n) is 6.81. The zero-order valence-corrected chi connectivity index (χ0v) is 19.1. The van der Waals surface area contributed by atoms with E-state index in [0.717, 1.165) is 16.1 Å². The highest BCUT2D eigenvalue weighted by Crippen LogP contribution is 2.29. The molecule has 3 aromatic rings. The molecule has 8 heteroatoms. The zero-order valence-electron chi connectivity index (χ0n) is 17.4. The second kappa shape index (κ2) is 10.4. The van der Waals surface area contributed by atoms with Gasteiger partial charge in [0.15, 0.2) is 11.5 Å². The van der Waals surface area contributed by atoms with Crippen LogP contribution < -0.4 is 14.3 Å². The molecule has 2 aromatic heterocycles. The van der Waals surface area contributed by atoms with Crippen LogP contribution in [0.5, 0.6) is 11.5 Å². The van der Waals surface area contributed by atoms with E-state index in [1.165, 1.54) is 11.3 Å². The fourth-order valence-electron chi connectivity index (χ4n) is 3.11. The third-order valence-corrected chi connectivity index (χ3v) is 6.54. The molecule has 0 saturated heterocycles. The van der Waals surface area contributed by atoms with Gasteiger partial charge >= 0.3 is 4.87 Å². The zero-order chi connectivity index (χ0) is 21.5. The van der Waals surface area contributed by atoms with Crippen molar-refractivity contribution in [2.24, 2.45) is 0 Å². The molecular formula is C22H26N2O4S2. The molecule has 0 atom stereocenters. The Morgan fingerprint density at radius 2 is 2.03 bits per heavy atom. The maximum atomic E-state index is 12.7. The summed E-state index contributed by atoms with van der Waals surface area (Å²) in [5, 5.41) is 3.84. The van der Waals surface area contributed by atoms with Crippen molar-refractivity contribution < 1.29 is 14.3 Å². The third kappa shape index (κ3) is 5.52. The Labute approximate surface area is 184 Å². The summed E-state index contributed by atoms with van der Waals surface area (Å²) < 4.78 is 13.0. The molecule has 0 aliphatic heterocycles. The van der Waals surface area contributed by atoms with Gasteiger partial charge in [-0.05, 0) is 43.0 Å². The van der Waals surface area contributed by atoms with Gasteiger partial charge in [-0.1, -0.05) is 23.5 Å². The Kier molecular flexibility index (Phi) is 7.70. The smallest absolute Gasteiger partial charge is 0.307 e. The van der Waals surface area contributed by atoms with E-state index in [1.807, 2.05) is 54.9 Å². The van der Waals surface area contributed by atoms with Crippen molar-refractivity contribution in [2.75, 3.05) is 13.7 Å². The molecule has 30 heavy (non-hydrogen) atoms. The van der Waals surface area contributed by atoms with E-state index < -0.39 is 0 Å². The molecule has 2 heterocycles. The van der Waals surface area contributed by atoms with Crippen LogP contribution in [0.15, 0.2) is 45.9 Å². The predicted octanol–water partition coefficient (Wildman–Crippen LogP) is 4.31. The number of aromatic nitrogens is 1. The minimum Gasteiger partial charge on any atom is -0.493 e. The van der Waals surface area contributed by atoms with Crippen LogP contribution in [0, 0.1) is 6.92 Å². The van der Waals surface area contributed by atoms with Crippen LogP contribution in [-0.4, -0.2) is 29.0 Å². The van der Waals surface area contributed by atoms with E-state index in [9.17, 15) is 9.59 Å². The number of nitrogens with zero attached hydrogens (tertiary/aromatic N) is 2. The number of hydrogen-bond acceptors (Lipinski definition) is 6. The normalized spacial score (nSPS) is 10.8. The first kappa shape index (κ1) is 22.1. The van der Waals surface area contributed by atoms with Crippen molar-refractivity contribution >= 4 is 28.6 Å². The van der Waals surface area contributed by atoms with Gasteiger partial charge in [0.1, 0.15) is 6.61 Å². The van der Waals surface area contributed by atoms with Gasteiger partial charge in [0.25, 0.3) is 0 Å². The van der Waals surface area contributed by atoms with Gasteiger partial charge in [-0.3, -0.25) is 9.59 Å². The third-order valence-electron chi connectivity index (χ3n) is 4.81. The standard InChI is InChI=1S/C22H26N2O4S2/c1-4-23(21(25)9-10-24-16(2)15-30-22(24)26)13-17-7-8-19(20(12-17)27-3)28-14-18-6-5-11-29-18/h5-8,11-12,15H,4,9-10,13-14H2,1-3H3. The molecule has 3 rings (SSSR count). The molecule has 1 amide bonds. The molecule has 160 valence electrons. The summed E-state index contributed by atoms with van der Waals surface area (Å²) in [6.45, 7) is 5.81. The Morgan fingerprint density at radius 1 is 1.20 bits per heavy atom. The predicted molar refractivity (Wildman–Crippen MR) is 121 cm³/mol. The van der Waals surface area contributed by atoms with Gasteiger partial charge in [-0.15, -0.1) is 11.3 Å². The van der Waals surface area contributed by atoms with Crippen LogP contribution in [0.4, 0.5) is 0 Å². The summed E-state index contributed by atoms with van der Waals surface area (Å²) in [6.07, 6.45) is 0.296. The number of methoxy groups -OCH3 is 1. The van der Waals surface area contributed by atoms with Crippen molar-refractivity contribution in [3.8, 4) is 11.5 Å². The lowest BCUT2D eigenvalue weighted by atomic mass is 10.1. The Morgan fingerprint density at radius 3 is 2.67 bits per heavy atom. The number of ether oxygens (including phenoxy) is 2. The number of thiophene rings is 1. The fourth-order valence-corrected chi connectivity index (χ4v) is 4.49. The monoisotopic (exact) mass is 446 g/mol. The molecule has 0 bridgehead atoms. The molecular weight excluding hydrogens is 420 g/mol. The van der Waals surface area contributed by atoms with Crippen molar-refractivity contribution in [1.82, 2.24) is 9.47 Å². The summed E-state index contributed by atoms with van der Waals surface area (Å²) in [5.74, 6) is 1.34. The molecule has 0 saturated carbocycles. The molecule has 0 radical (unpaired) electrons. The minimum absolute atomic E-state index is 0.0204. The van der Waals surface area contributed by atoms with Crippen molar-refractivity contribution in [1.29, 1.82) is 0 Å². The first-order chi connectivity index (χ1) is 14.5. The van der Waals surface area contributed by atoms with Crippen molar-refractivity contribution in [2.45, 2.75) is 40.0 Å². The molecule has 0 aliphatic carbocycles. The van der Waals surface area contributed by atoms with Crippen molar-refractivity contribution in [3.63, 3.8) is 0 Å². The van der Waals surface area contributed by atoms with Gasteiger partial charge in [0, 0.05) is 42.0 Å². The topological polar surface area (TPSA) is 60.8 Å². The average Bonchev–Trinajstić information content (AvgIpc) is 3.39. The largest absolute Gasteiger partial charge is 0.493 e. The Balaban J connectivity index is 1.62. The number of hydrogen-bond donors (Lipinski definition) is 0. The summed E-state index contributed by atoms with van der Waals surface area (Å²) >= 11 is 2.81. The highest BCUT2D eigenvalue weighted by atomic mass is 32.1. The summed E-state index contributed by atoms with van der Waals surface area (Å²) in [6, 6.07) is 9.77. The molecule has 0 spiro atoms. The van der Waals surface area contributed by atoms with Crippen LogP contribution in [0.25, 0.3) is 0 Å². The van der Waals surface area contributed by atoms with Crippen LogP contribution >= 0.6 is 22.7 Å². The van der Waals surface area contributed by atoms with E-state index in [2.05, 4.69) is 0 Å². The summed E-state index contributed by atoms with van der Waals surface area (Å²) in [7, 11) is 1.61. The summed E-state index contributed by atoms with van der Waals surface area (Å²) in [5.41, 5.74) is 1.86. The van der Waals surface area contributed by atoms with Crippen LogP contribution in [-0.2, 0) is 24.5 Å². The van der Waals surface area contributed by atoms with E-state index in [0.29, 0.717) is 44.2 Å². The number of rotatable bonds is 10. The quantitative estimate of drug-likeness (QED) is 0.466. The number of amides is 1. The van der Waals surface area contributed by atoms with Crippen LogP contribution in [0.1, 0.15) is 29.5 Å². The van der Waals surface area contributed by atoms with E-state index in [1.54, 1.807) is 27.9 Å². The highest BCUT2D eigenvalue weighted by molar-refractivity contribution is 7.09. The van der Waals surface area contributed by atoms with E-state index in [-0.39, 0.29) is 10.8 Å². The molecule has 1 aromatic carbocycles. The number of aryl methyl sites for hydroxylation is 1. The SMILES string of the molecule is CCN(Cc1ccc(OCc2cccs2)c(OC)c1)C(=O)CCn1c(C)csc1=O. The number of carbonyl (C=O) groups excluding carboxylic acids is 1. The van der Waals surface area contributed by atoms with Crippen LogP contribution in [0.2, 0.25) is 0 Å². The van der Waals surface area contributed by atoms with Gasteiger partial charge in [-0.25, -0.2) is 0 Å². The molecule has 0 N–H and O–H groups in total.